The first-order valence-electron chi connectivity index (χ1n) is 10.2. The molecular weight excluding hydrogens is 430 g/mol. The molecule has 11 heteroatoms. The molecule has 0 bridgehead atoms. The molecule has 0 unspecified atom stereocenters. The predicted octanol–water partition coefficient (Wildman–Crippen LogP) is 1.63. The molecule has 3 aromatic heterocycles. The number of benzene rings is 1. The molecule has 0 fully saturated rings. The Kier molecular flexibility index (Phi) is 4.98. The first kappa shape index (κ1) is 20.3. The van der Waals surface area contributed by atoms with Crippen LogP contribution in [0.15, 0.2) is 58.6 Å². The van der Waals surface area contributed by atoms with Gasteiger partial charge in [0.15, 0.2) is 10.7 Å². The molecule has 32 heavy (non-hydrogen) atoms. The van der Waals surface area contributed by atoms with Gasteiger partial charge < -0.3 is 10.6 Å². The van der Waals surface area contributed by atoms with Crippen molar-refractivity contribution in [3.8, 4) is 0 Å². The summed E-state index contributed by atoms with van der Waals surface area (Å²) in [6.45, 7) is 3.59. The summed E-state index contributed by atoms with van der Waals surface area (Å²) in [7, 11) is -4.15. The zero-order chi connectivity index (χ0) is 22.3. The van der Waals surface area contributed by atoms with E-state index in [9.17, 15) is 13.2 Å². The molecule has 10 nitrogen and oxygen atoms in total. The maximum absolute atomic E-state index is 13.3. The van der Waals surface area contributed by atoms with Crippen LogP contribution in [-0.2, 0) is 29.5 Å². The van der Waals surface area contributed by atoms with E-state index in [-0.39, 0.29) is 28.6 Å². The highest BCUT2D eigenvalue weighted by molar-refractivity contribution is 7.90. The highest BCUT2D eigenvalue weighted by atomic mass is 32.2. The molecule has 164 valence electrons. The first-order valence-corrected chi connectivity index (χ1v) is 11.7. The van der Waals surface area contributed by atoms with Gasteiger partial charge >= 0.3 is 10.0 Å². The Balaban J connectivity index is 1.62. The molecule has 4 heterocycles. The Morgan fingerprint density at radius 2 is 2.03 bits per heavy atom. The fraction of sp³-hybridized carbons (Fsp3) is 0.238. The average molecular weight is 452 g/mol. The average Bonchev–Trinajstić information content (AvgIpc) is 3.11. The van der Waals surface area contributed by atoms with Crippen LogP contribution >= 0.6 is 0 Å². The Bertz CT molecular complexity index is 1480. The van der Waals surface area contributed by atoms with E-state index in [2.05, 4.69) is 25.6 Å². The van der Waals surface area contributed by atoms with Gasteiger partial charge in [-0.2, -0.15) is 17.5 Å². The summed E-state index contributed by atoms with van der Waals surface area (Å²) in [4.78, 5) is 25.5. The number of rotatable bonds is 5. The van der Waals surface area contributed by atoms with Crippen LogP contribution in [0, 0.1) is 0 Å². The van der Waals surface area contributed by atoms with Gasteiger partial charge in [-0.1, -0.05) is 12.1 Å². The molecular formula is C21H21N7O3S. The molecule has 0 radical (unpaired) electrons. The van der Waals surface area contributed by atoms with Gasteiger partial charge in [-0.25, -0.2) is 14.6 Å². The summed E-state index contributed by atoms with van der Waals surface area (Å²) >= 11 is 0. The van der Waals surface area contributed by atoms with Crippen molar-refractivity contribution in [3.05, 3.63) is 70.3 Å². The van der Waals surface area contributed by atoms with Gasteiger partial charge in [0.25, 0.3) is 5.56 Å². The summed E-state index contributed by atoms with van der Waals surface area (Å²) in [5, 5.41) is 6.42. The van der Waals surface area contributed by atoms with Gasteiger partial charge in [0, 0.05) is 31.2 Å². The number of fused-ring (bicyclic) bond motifs is 2. The van der Waals surface area contributed by atoms with Gasteiger partial charge in [-0.15, -0.1) is 0 Å². The molecule has 1 aliphatic rings. The molecule has 4 aromatic rings. The van der Waals surface area contributed by atoms with E-state index in [1.807, 2.05) is 18.2 Å². The largest absolute Gasteiger partial charge is 0.324 e. The minimum Gasteiger partial charge on any atom is -0.324 e. The summed E-state index contributed by atoms with van der Waals surface area (Å²) in [5.74, 6) is 0.199. The quantitative estimate of drug-likeness (QED) is 0.469. The lowest BCUT2D eigenvalue weighted by Gasteiger charge is -2.18. The third-order valence-corrected chi connectivity index (χ3v) is 7.01. The van der Waals surface area contributed by atoms with Crippen LogP contribution in [0.5, 0.6) is 0 Å². The van der Waals surface area contributed by atoms with Crippen molar-refractivity contribution in [2.24, 2.45) is 0 Å². The van der Waals surface area contributed by atoms with Crippen LogP contribution in [0.2, 0.25) is 0 Å². The van der Waals surface area contributed by atoms with E-state index in [1.54, 1.807) is 19.1 Å². The van der Waals surface area contributed by atoms with E-state index < -0.39 is 15.6 Å². The number of nitrogens with one attached hydrogen (secondary N) is 2. The third-order valence-electron chi connectivity index (χ3n) is 5.41. The van der Waals surface area contributed by atoms with Crippen molar-refractivity contribution in [3.63, 3.8) is 0 Å². The Morgan fingerprint density at radius 1 is 1.16 bits per heavy atom. The molecule has 0 amide bonds. The molecule has 0 saturated carbocycles. The zero-order valence-corrected chi connectivity index (χ0v) is 18.1. The first-order chi connectivity index (χ1) is 15.5. The van der Waals surface area contributed by atoms with Gasteiger partial charge in [-0.3, -0.25) is 4.79 Å². The lowest BCUT2D eigenvalue weighted by molar-refractivity contribution is 0.537. The van der Waals surface area contributed by atoms with Crippen LogP contribution in [-0.4, -0.2) is 38.7 Å². The normalized spacial score (nSPS) is 13.8. The van der Waals surface area contributed by atoms with E-state index in [0.717, 1.165) is 34.0 Å². The fourth-order valence-electron chi connectivity index (χ4n) is 3.85. The second-order valence-electron chi connectivity index (χ2n) is 7.40. The van der Waals surface area contributed by atoms with E-state index in [0.29, 0.717) is 0 Å². The molecule has 0 saturated heterocycles. The minimum absolute atomic E-state index is 0.00200. The van der Waals surface area contributed by atoms with Crippen molar-refractivity contribution in [1.29, 1.82) is 0 Å². The van der Waals surface area contributed by atoms with Gasteiger partial charge in [0.1, 0.15) is 5.39 Å². The highest BCUT2D eigenvalue weighted by Gasteiger charge is 2.27. The smallest absolute Gasteiger partial charge is 0.300 e. The van der Waals surface area contributed by atoms with Crippen molar-refractivity contribution in [2.45, 2.75) is 31.5 Å². The summed E-state index contributed by atoms with van der Waals surface area (Å²) in [6, 6.07) is 10.6. The number of aromatic nitrogens is 5. The lowest BCUT2D eigenvalue weighted by atomic mass is 10.0. The summed E-state index contributed by atoms with van der Waals surface area (Å²) in [5.41, 5.74) is 2.80. The maximum Gasteiger partial charge on any atom is 0.300 e. The van der Waals surface area contributed by atoms with Gasteiger partial charge in [0.05, 0.1) is 0 Å². The monoisotopic (exact) mass is 451 g/mol. The van der Waals surface area contributed by atoms with E-state index in [4.69, 9.17) is 0 Å². The molecule has 1 aromatic carbocycles. The third kappa shape index (κ3) is 3.35. The Morgan fingerprint density at radius 3 is 2.81 bits per heavy atom. The number of hydrogen-bond donors (Lipinski definition) is 2. The Labute approximate surface area is 184 Å². The van der Waals surface area contributed by atoms with Gasteiger partial charge in [-0.05, 0) is 55.3 Å². The zero-order valence-electron chi connectivity index (χ0n) is 17.3. The van der Waals surface area contributed by atoms with Crippen LogP contribution in [0.3, 0.4) is 0 Å². The lowest BCUT2D eigenvalue weighted by Crippen LogP contribution is -2.28. The van der Waals surface area contributed by atoms with Crippen LogP contribution in [0.1, 0.15) is 18.1 Å². The minimum atomic E-state index is -4.15. The molecule has 1 aliphatic heterocycles. The Hall–Kier alpha value is -3.57. The van der Waals surface area contributed by atoms with Crippen molar-refractivity contribution in [1.82, 2.24) is 29.0 Å². The number of anilines is 2. The van der Waals surface area contributed by atoms with E-state index >= 15 is 0 Å². The highest BCUT2D eigenvalue weighted by Crippen LogP contribution is 2.23. The molecule has 0 spiro atoms. The fourth-order valence-corrected chi connectivity index (χ4v) is 5.29. The van der Waals surface area contributed by atoms with Crippen LogP contribution in [0.4, 0.5) is 11.6 Å². The maximum atomic E-state index is 13.3. The second-order valence-corrected chi connectivity index (χ2v) is 9.12. The van der Waals surface area contributed by atoms with Crippen molar-refractivity contribution < 1.29 is 8.42 Å². The number of hydrogen-bond acceptors (Lipinski definition) is 8. The molecule has 0 atom stereocenters. The van der Waals surface area contributed by atoms with Crippen LogP contribution < -0.4 is 16.2 Å². The second kappa shape index (κ2) is 7.84. The molecule has 2 N–H and O–H groups in total. The van der Waals surface area contributed by atoms with E-state index in [1.165, 1.54) is 29.6 Å². The molecule has 5 rings (SSSR count). The van der Waals surface area contributed by atoms with Crippen LogP contribution in [0.25, 0.3) is 11.0 Å². The van der Waals surface area contributed by atoms with Crippen molar-refractivity contribution in [2.75, 3.05) is 11.9 Å². The topological polar surface area (TPSA) is 124 Å². The summed E-state index contributed by atoms with van der Waals surface area (Å²) in [6.07, 6.45) is 3.67. The predicted molar refractivity (Wildman–Crippen MR) is 119 cm³/mol. The van der Waals surface area contributed by atoms with Gasteiger partial charge in [0.2, 0.25) is 5.95 Å². The number of pyridine rings is 1. The number of nitrogens with zero attached hydrogens (tertiary/aromatic N) is 5. The standard InChI is InChI=1S/C21H21N7O3S/c1-2-27-20(29)17-13-24-21(25-16-7-6-15-12-22-10-8-14(15)11-16)26-19(17)28(27)32(30,31)18-5-3-4-9-23-18/h3-7,9,11,13,22H,2,8,10,12H2,1H3,(H,24,25,26). The summed E-state index contributed by atoms with van der Waals surface area (Å²) < 4.78 is 28.7. The SMILES string of the molecule is CCn1c(=O)c2cnc(Nc3ccc4c(c3)CCNC4)nc2n1S(=O)(=O)c1ccccn1. The van der Waals surface area contributed by atoms with Crippen molar-refractivity contribution >= 4 is 32.7 Å². The molecule has 0 aliphatic carbocycles.